The van der Waals surface area contributed by atoms with Crippen LogP contribution < -0.4 is 10.9 Å². The topological polar surface area (TPSA) is 47.2 Å². The summed E-state index contributed by atoms with van der Waals surface area (Å²) < 4.78 is 7.50. The summed E-state index contributed by atoms with van der Waals surface area (Å²) in [4.78, 5) is 11.8. The summed E-state index contributed by atoms with van der Waals surface area (Å²) >= 11 is 0. The molecule has 4 heteroatoms. The Morgan fingerprint density at radius 3 is 2.48 bits per heavy atom. The van der Waals surface area contributed by atoms with Crippen LogP contribution in [0.5, 0.6) is 0 Å². The molecule has 2 aromatic heterocycles. The molecule has 120 valence electrons. The molecular formula is C19H22N2O2. The lowest BCUT2D eigenvalue weighted by molar-refractivity contribution is 0.555. The third-order valence-electron chi connectivity index (χ3n) is 4.54. The molecule has 0 saturated carbocycles. The van der Waals surface area contributed by atoms with Crippen LogP contribution in [0.25, 0.3) is 11.0 Å². The van der Waals surface area contributed by atoms with Gasteiger partial charge in [0.1, 0.15) is 5.58 Å². The van der Waals surface area contributed by atoms with E-state index in [-0.39, 0.29) is 5.63 Å². The number of hydrogen-bond acceptors (Lipinski definition) is 3. The Kier molecular flexibility index (Phi) is 4.09. The molecule has 3 rings (SSSR count). The quantitative estimate of drug-likeness (QED) is 0.752. The van der Waals surface area contributed by atoms with Crippen LogP contribution >= 0.6 is 0 Å². The maximum absolute atomic E-state index is 11.8. The molecule has 2 heterocycles. The van der Waals surface area contributed by atoms with Gasteiger partial charge < -0.3 is 14.3 Å². The van der Waals surface area contributed by atoms with Crippen molar-refractivity contribution in [2.75, 3.05) is 0 Å². The highest BCUT2D eigenvalue weighted by molar-refractivity contribution is 5.81. The zero-order valence-electron chi connectivity index (χ0n) is 14.1. The summed E-state index contributed by atoms with van der Waals surface area (Å²) in [5.74, 6) is 0. The molecule has 0 aliphatic rings. The molecule has 0 saturated heterocycles. The van der Waals surface area contributed by atoms with Crippen LogP contribution in [0.4, 0.5) is 0 Å². The summed E-state index contributed by atoms with van der Waals surface area (Å²) in [5.41, 5.74) is 6.13. The van der Waals surface area contributed by atoms with Crippen LogP contribution in [0.1, 0.15) is 28.1 Å². The van der Waals surface area contributed by atoms with Crippen molar-refractivity contribution in [1.82, 2.24) is 9.88 Å². The van der Waals surface area contributed by atoms with Crippen LogP contribution in [-0.4, -0.2) is 4.57 Å². The summed E-state index contributed by atoms with van der Waals surface area (Å²) in [6.07, 6.45) is 0. The minimum absolute atomic E-state index is 0.299. The molecule has 0 aliphatic carbocycles. The van der Waals surface area contributed by atoms with Crippen molar-refractivity contribution in [2.45, 2.75) is 33.9 Å². The molecular weight excluding hydrogens is 288 g/mol. The number of aromatic nitrogens is 1. The van der Waals surface area contributed by atoms with Gasteiger partial charge in [-0.25, -0.2) is 4.79 Å². The van der Waals surface area contributed by atoms with Gasteiger partial charge in [0.2, 0.25) is 0 Å². The van der Waals surface area contributed by atoms with E-state index in [2.05, 4.69) is 49.0 Å². The molecule has 4 nitrogen and oxygen atoms in total. The molecule has 23 heavy (non-hydrogen) atoms. The first-order chi connectivity index (χ1) is 11.0. The van der Waals surface area contributed by atoms with Crippen LogP contribution in [0.15, 0.2) is 39.5 Å². The average molecular weight is 310 g/mol. The van der Waals surface area contributed by atoms with Gasteiger partial charge in [0.05, 0.1) is 0 Å². The fourth-order valence-corrected chi connectivity index (χ4v) is 2.80. The molecule has 0 atom stereocenters. The van der Waals surface area contributed by atoms with Crippen LogP contribution in [0, 0.1) is 20.8 Å². The third kappa shape index (κ3) is 3.08. The van der Waals surface area contributed by atoms with Gasteiger partial charge >= 0.3 is 5.63 Å². The van der Waals surface area contributed by atoms with Gasteiger partial charge in [-0.3, -0.25) is 0 Å². The monoisotopic (exact) mass is 310 g/mol. The molecule has 3 aromatic rings. The molecule has 0 aliphatic heterocycles. The first-order valence-electron chi connectivity index (χ1n) is 7.81. The normalized spacial score (nSPS) is 11.3. The van der Waals surface area contributed by atoms with Crippen LogP contribution in [0.2, 0.25) is 0 Å². The molecule has 0 unspecified atom stereocenters. The van der Waals surface area contributed by atoms with E-state index in [0.29, 0.717) is 12.1 Å². The van der Waals surface area contributed by atoms with E-state index >= 15 is 0 Å². The number of rotatable bonds is 4. The number of nitrogens with zero attached hydrogens (tertiary/aromatic N) is 1. The number of hydrogen-bond donors (Lipinski definition) is 1. The van der Waals surface area contributed by atoms with Crippen molar-refractivity contribution in [3.05, 3.63) is 68.8 Å². The zero-order valence-corrected chi connectivity index (χ0v) is 14.1. The van der Waals surface area contributed by atoms with E-state index in [0.717, 1.165) is 23.1 Å². The Hall–Kier alpha value is -2.33. The van der Waals surface area contributed by atoms with Crippen molar-refractivity contribution in [2.24, 2.45) is 7.05 Å². The lowest BCUT2D eigenvalue weighted by atomic mass is 10.0. The first kappa shape index (κ1) is 15.6. The van der Waals surface area contributed by atoms with Gasteiger partial charge in [-0.2, -0.15) is 0 Å². The molecule has 1 N–H and O–H groups in total. The van der Waals surface area contributed by atoms with Crippen LogP contribution in [0.3, 0.4) is 0 Å². The largest absolute Gasteiger partial charge is 0.423 e. The molecule has 1 aromatic carbocycles. The lowest BCUT2D eigenvalue weighted by Gasteiger charge is -2.10. The van der Waals surface area contributed by atoms with E-state index in [9.17, 15) is 4.79 Å². The molecule has 0 radical (unpaired) electrons. The van der Waals surface area contributed by atoms with Gasteiger partial charge in [-0.1, -0.05) is 0 Å². The number of aryl methyl sites for hydroxylation is 3. The Balaban J connectivity index is 1.86. The van der Waals surface area contributed by atoms with Gasteiger partial charge in [-0.15, -0.1) is 0 Å². The Morgan fingerprint density at radius 1 is 1.04 bits per heavy atom. The predicted octanol–water partition coefficient (Wildman–Crippen LogP) is 3.35. The summed E-state index contributed by atoms with van der Waals surface area (Å²) in [5, 5.41) is 4.43. The second-order valence-electron chi connectivity index (χ2n) is 6.15. The van der Waals surface area contributed by atoms with Gasteiger partial charge in [0.15, 0.2) is 0 Å². The van der Waals surface area contributed by atoms with E-state index < -0.39 is 0 Å². The summed E-state index contributed by atoms with van der Waals surface area (Å²) in [7, 11) is 2.06. The molecule has 0 bridgehead atoms. The van der Waals surface area contributed by atoms with E-state index in [1.807, 2.05) is 13.0 Å². The van der Waals surface area contributed by atoms with Crippen LogP contribution in [-0.2, 0) is 20.1 Å². The molecule has 0 amide bonds. The highest BCUT2D eigenvalue weighted by Crippen LogP contribution is 2.21. The first-order valence-corrected chi connectivity index (χ1v) is 7.81. The van der Waals surface area contributed by atoms with Crippen molar-refractivity contribution < 1.29 is 4.42 Å². The Morgan fingerprint density at radius 2 is 1.78 bits per heavy atom. The average Bonchev–Trinajstić information content (AvgIpc) is 2.81. The highest BCUT2D eigenvalue weighted by atomic mass is 16.4. The zero-order chi connectivity index (χ0) is 16.6. The summed E-state index contributed by atoms with van der Waals surface area (Å²) in [6, 6.07) is 9.84. The number of fused-ring (bicyclic) bond motifs is 1. The maximum Gasteiger partial charge on any atom is 0.336 e. The Labute approximate surface area is 135 Å². The van der Waals surface area contributed by atoms with Gasteiger partial charge in [-0.05, 0) is 61.7 Å². The second-order valence-corrected chi connectivity index (χ2v) is 6.15. The second kappa shape index (κ2) is 6.05. The maximum atomic E-state index is 11.8. The van der Waals surface area contributed by atoms with Crippen molar-refractivity contribution in [3.63, 3.8) is 0 Å². The van der Waals surface area contributed by atoms with Gasteiger partial charge in [0.25, 0.3) is 0 Å². The third-order valence-corrected chi connectivity index (χ3v) is 4.54. The minimum atomic E-state index is -0.299. The number of benzene rings is 1. The van der Waals surface area contributed by atoms with Gasteiger partial charge in [0, 0.05) is 43.0 Å². The van der Waals surface area contributed by atoms with E-state index in [1.165, 1.54) is 17.0 Å². The van der Waals surface area contributed by atoms with Crippen molar-refractivity contribution in [1.29, 1.82) is 0 Å². The standard InChI is InChI=1S/C19H22N2O2/c1-12-7-17-15(9-19(22)23-18(17)8-13(12)2)10-20-11-16-6-5-14(3)21(16)4/h5-9,20H,10-11H2,1-4H3. The molecule has 0 fully saturated rings. The smallest absolute Gasteiger partial charge is 0.336 e. The fourth-order valence-electron chi connectivity index (χ4n) is 2.80. The SMILES string of the molecule is Cc1cc2oc(=O)cc(CNCc3ccc(C)n3C)c2cc1C. The van der Waals surface area contributed by atoms with E-state index in [1.54, 1.807) is 6.07 Å². The minimum Gasteiger partial charge on any atom is -0.423 e. The Bertz CT molecular complexity index is 919. The van der Waals surface area contributed by atoms with Crippen molar-refractivity contribution >= 4 is 11.0 Å². The fraction of sp³-hybridized carbons (Fsp3) is 0.316. The van der Waals surface area contributed by atoms with E-state index in [4.69, 9.17) is 4.42 Å². The highest BCUT2D eigenvalue weighted by Gasteiger charge is 2.08. The lowest BCUT2D eigenvalue weighted by Crippen LogP contribution is -2.16. The predicted molar refractivity (Wildman–Crippen MR) is 92.7 cm³/mol. The number of nitrogens with one attached hydrogen (secondary N) is 1. The molecule has 0 spiro atoms. The van der Waals surface area contributed by atoms with Crippen molar-refractivity contribution in [3.8, 4) is 0 Å². The summed E-state index contributed by atoms with van der Waals surface area (Å²) in [6.45, 7) is 7.58.